The number of hydrogen-bond donors (Lipinski definition) is 2. The van der Waals surface area contributed by atoms with E-state index < -0.39 is 0 Å². The Kier molecular flexibility index (Phi) is 7.83. The van der Waals surface area contributed by atoms with Crippen LogP contribution >= 0.6 is 36.2 Å². The van der Waals surface area contributed by atoms with Gasteiger partial charge in [-0.2, -0.15) is 0 Å². The van der Waals surface area contributed by atoms with E-state index in [0.29, 0.717) is 11.7 Å². The first-order valence-corrected chi connectivity index (χ1v) is 3.97. The average molecular weight is 230 g/mol. The van der Waals surface area contributed by atoms with Gasteiger partial charge in [-0.1, -0.05) is 0 Å². The lowest BCUT2D eigenvalue weighted by atomic mass is 10.3. The molecule has 3 nitrogen and oxygen atoms in total. The third-order valence-electron chi connectivity index (χ3n) is 1.28. The minimum atomic E-state index is 0. The highest BCUT2D eigenvalue weighted by Gasteiger charge is 2.02. The fourth-order valence-electron chi connectivity index (χ4n) is 0.814. The summed E-state index contributed by atoms with van der Waals surface area (Å²) in [6.07, 6.45) is 0.890. The van der Waals surface area contributed by atoms with Crippen LogP contribution in [-0.2, 0) is 6.42 Å². The van der Waals surface area contributed by atoms with E-state index in [0.717, 1.165) is 12.1 Å². The molecule has 0 spiro atoms. The highest BCUT2D eigenvalue weighted by atomic mass is 35.5. The lowest BCUT2D eigenvalue weighted by Crippen LogP contribution is -2.01. The second-order valence-electron chi connectivity index (χ2n) is 2.10. The van der Waals surface area contributed by atoms with Crippen LogP contribution in [0.1, 0.15) is 10.6 Å². The Morgan fingerprint density at radius 1 is 1.42 bits per heavy atom. The topological polar surface area (TPSA) is 64.9 Å². The van der Waals surface area contributed by atoms with Gasteiger partial charge in [-0.15, -0.1) is 36.2 Å². The highest BCUT2D eigenvalue weighted by molar-refractivity contribution is 7.15. The molecule has 0 bridgehead atoms. The molecule has 12 heavy (non-hydrogen) atoms. The molecule has 0 aliphatic carbocycles. The van der Waals surface area contributed by atoms with Crippen molar-refractivity contribution < 1.29 is 0 Å². The number of rotatable bonds is 2. The van der Waals surface area contributed by atoms with Gasteiger partial charge in [0.25, 0.3) is 0 Å². The van der Waals surface area contributed by atoms with Crippen molar-refractivity contribution in [2.75, 3.05) is 12.3 Å². The number of thiazole rings is 1. The number of aromatic nitrogens is 1. The Hall–Kier alpha value is -0.0300. The third-order valence-corrected chi connectivity index (χ3v) is 2.33. The number of nitrogens with two attached hydrogens (primary N) is 2. The molecule has 0 saturated heterocycles. The van der Waals surface area contributed by atoms with Crippen molar-refractivity contribution in [1.82, 2.24) is 4.98 Å². The predicted molar refractivity (Wildman–Crippen MR) is 58.5 cm³/mol. The molecule has 72 valence electrons. The van der Waals surface area contributed by atoms with E-state index in [1.54, 1.807) is 0 Å². The van der Waals surface area contributed by atoms with Gasteiger partial charge < -0.3 is 11.5 Å². The van der Waals surface area contributed by atoms with E-state index in [4.69, 9.17) is 11.5 Å². The van der Waals surface area contributed by atoms with E-state index >= 15 is 0 Å². The van der Waals surface area contributed by atoms with Crippen LogP contribution in [0.15, 0.2) is 0 Å². The smallest absolute Gasteiger partial charge is 0.180 e. The van der Waals surface area contributed by atoms with Gasteiger partial charge in [-0.05, 0) is 19.9 Å². The number of aryl methyl sites for hydroxylation is 1. The maximum Gasteiger partial charge on any atom is 0.180 e. The van der Waals surface area contributed by atoms with Crippen LogP contribution in [0.25, 0.3) is 0 Å². The molecule has 0 unspecified atom stereocenters. The van der Waals surface area contributed by atoms with Crippen LogP contribution in [0, 0.1) is 6.92 Å². The highest BCUT2D eigenvalue weighted by Crippen LogP contribution is 2.19. The molecule has 1 rings (SSSR count). The summed E-state index contributed by atoms with van der Waals surface area (Å²) in [7, 11) is 0. The molecule has 1 aromatic rings. The lowest BCUT2D eigenvalue weighted by molar-refractivity contribution is 0.970. The van der Waals surface area contributed by atoms with Gasteiger partial charge in [0.2, 0.25) is 0 Å². The fourth-order valence-corrected chi connectivity index (χ4v) is 1.66. The molecule has 0 aliphatic heterocycles. The Bertz CT molecular complexity index is 227. The van der Waals surface area contributed by atoms with Crippen LogP contribution in [0.3, 0.4) is 0 Å². The van der Waals surface area contributed by atoms with Crippen LogP contribution in [0.2, 0.25) is 0 Å². The Morgan fingerprint density at radius 3 is 2.33 bits per heavy atom. The average Bonchev–Trinajstić information content (AvgIpc) is 2.13. The van der Waals surface area contributed by atoms with Gasteiger partial charge in [-0.25, -0.2) is 4.98 Å². The van der Waals surface area contributed by atoms with E-state index in [2.05, 4.69) is 4.98 Å². The minimum Gasteiger partial charge on any atom is -0.375 e. The van der Waals surface area contributed by atoms with Crippen molar-refractivity contribution in [2.24, 2.45) is 5.73 Å². The van der Waals surface area contributed by atoms with Crippen molar-refractivity contribution in [3.63, 3.8) is 0 Å². The molecular formula is C6H13Cl2N3S. The first-order valence-electron chi connectivity index (χ1n) is 3.16. The summed E-state index contributed by atoms with van der Waals surface area (Å²) in [5.74, 6) is 0. The van der Waals surface area contributed by atoms with Crippen molar-refractivity contribution in [1.29, 1.82) is 0 Å². The largest absolute Gasteiger partial charge is 0.375 e. The van der Waals surface area contributed by atoms with E-state index in [-0.39, 0.29) is 24.8 Å². The molecule has 0 saturated carbocycles. The quantitative estimate of drug-likeness (QED) is 0.806. The second-order valence-corrected chi connectivity index (χ2v) is 3.21. The summed E-state index contributed by atoms with van der Waals surface area (Å²) in [4.78, 5) is 5.28. The Labute approximate surface area is 88.4 Å². The van der Waals surface area contributed by atoms with Gasteiger partial charge in [0.15, 0.2) is 5.13 Å². The normalized spacial score (nSPS) is 8.50. The lowest BCUT2D eigenvalue weighted by Gasteiger charge is -1.90. The van der Waals surface area contributed by atoms with Crippen LogP contribution in [-0.4, -0.2) is 11.5 Å². The molecule has 1 heterocycles. The van der Waals surface area contributed by atoms with Gasteiger partial charge >= 0.3 is 0 Å². The van der Waals surface area contributed by atoms with Gasteiger partial charge in [0.05, 0.1) is 5.69 Å². The first kappa shape index (κ1) is 14.5. The summed E-state index contributed by atoms with van der Waals surface area (Å²) in [5.41, 5.74) is 11.9. The van der Waals surface area contributed by atoms with Crippen molar-refractivity contribution in [3.8, 4) is 0 Å². The van der Waals surface area contributed by atoms with Gasteiger partial charge in [0.1, 0.15) is 0 Å². The molecule has 6 heteroatoms. The molecule has 0 fully saturated rings. The van der Waals surface area contributed by atoms with E-state index in [1.807, 2.05) is 6.92 Å². The summed E-state index contributed by atoms with van der Waals surface area (Å²) in [6.45, 7) is 2.63. The summed E-state index contributed by atoms with van der Waals surface area (Å²) >= 11 is 1.53. The summed E-state index contributed by atoms with van der Waals surface area (Å²) < 4.78 is 0. The fraction of sp³-hybridized carbons (Fsp3) is 0.500. The molecule has 0 aliphatic rings. The number of anilines is 1. The number of nitrogens with zero attached hydrogens (tertiary/aromatic N) is 1. The monoisotopic (exact) mass is 229 g/mol. The van der Waals surface area contributed by atoms with Gasteiger partial charge in [-0.3, -0.25) is 0 Å². The van der Waals surface area contributed by atoms with Gasteiger partial charge in [0, 0.05) is 4.88 Å². The third kappa shape index (κ3) is 3.58. The maximum atomic E-state index is 5.48. The van der Waals surface area contributed by atoms with Crippen molar-refractivity contribution >= 4 is 41.3 Å². The molecular weight excluding hydrogens is 217 g/mol. The Balaban J connectivity index is 0. The predicted octanol–water partition coefficient (Wildman–Crippen LogP) is 1.38. The SMILES string of the molecule is Cc1nc(N)sc1CCN.Cl.Cl. The second kappa shape index (κ2) is 6.48. The zero-order valence-corrected chi connectivity index (χ0v) is 9.19. The van der Waals surface area contributed by atoms with E-state index in [9.17, 15) is 0 Å². The minimum absolute atomic E-state index is 0. The summed E-state index contributed by atoms with van der Waals surface area (Å²) in [6, 6.07) is 0. The number of hydrogen-bond acceptors (Lipinski definition) is 4. The van der Waals surface area contributed by atoms with Crippen LogP contribution in [0.4, 0.5) is 5.13 Å². The van der Waals surface area contributed by atoms with Crippen LogP contribution < -0.4 is 11.5 Å². The maximum absolute atomic E-state index is 5.48. The van der Waals surface area contributed by atoms with Crippen LogP contribution in [0.5, 0.6) is 0 Å². The zero-order valence-electron chi connectivity index (χ0n) is 6.74. The number of halogens is 2. The number of nitrogen functional groups attached to an aromatic ring is 1. The van der Waals surface area contributed by atoms with E-state index in [1.165, 1.54) is 16.2 Å². The van der Waals surface area contributed by atoms with Crippen molar-refractivity contribution in [3.05, 3.63) is 10.6 Å². The molecule has 0 radical (unpaired) electrons. The molecule has 1 aromatic heterocycles. The standard InChI is InChI=1S/C6H11N3S.2ClH/c1-4-5(2-3-7)10-6(8)9-4;;/h2-3,7H2,1H3,(H2,8,9);2*1H. The molecule has 4 N–H and O–H groups in total. The molecule has 0 aromatic carbocycles. The van der Waals surface area contributed by atoms with Crippen molar-refractivity contribution in [2.45, 2.75) is 13.3 Å². The Morgan fingerprint density at radius 2 is 2.00 bits per heavy atom. The summed E-state index contributed by atoms with van der Waals surface area (Å²) in [5, 5.41) is 0.640. The zero-order chi connectivity index (χ0) is 7.56. The molecule has 0 amide bonds. The molecule has 0 atom stereocenters. The first-order chi connectivity index (χ1) is 4.74.